The predicted molar refractivity (Wildman–Crippen MR) is 110 cm³/mol. The van der Waals surface area contributed by atoms with Crippen molar-refractivity contribution in [3.05, 3.63) is 95.8 Å². The molecule has 0 spiro atoms. The molecule has 0 aliphatic carbocycles. The number of benzene rings is 4. The third kappa shape index (κ3) is 3.49. The SMILES string of the molecule is CCc1ccc(-c2ccc(-c3ccc4cc(CO)ccc4c3)c(F)c2)cc1. The highest BCUT2D eigenvalue weighted by Gasteiger charge is 2.09. The summed E-state index contributed by atoms with van der Waals surface area (Å²) in [6.07, 6.45) is 0.995. The van der Waals surface area contributed by atoms with E-state index in [2.05, 4.69) is 19.1 Å². The molecule has 0 radical (unpaired) electrons. The Hall–Kier alpha value is -2.97. The highest BCUT2D eigenvalue weighted by atomic mass is 19.1. The summed E-state index contributed by atoms with van der Waals surface area (Å²) in [5.74, 6) is -0.224. The van der Waals surface area contributed by atoms with E-state index in [9.17, 15) is 9.50 Å². The van der Waals surface area contributed by atoms with Crippen LogP contribution in [0.15, 0.2) is 78.9 Å². The Balaban J connectivity index is 1.70. The second kappa shape index (κ2) is 7.34. The lowest BCUT2D eigenvalue weighted by Gasteiger charge is -2.09. The molecule has 0 fully saturated rings. The summed E-state index contributed by atoms with van der Waals surface area (Å²) >= 11 is 0. The van der Waals surface area contributed by atoms with Gasteiger partial charge in [0, 0.05) is 5.56 Å². The van der Waals surface area contributed by atoms with Gasteiger partial charge < -0.3 is 5.11 Å². The summed E-state index contributed by atoms with van der Waals surface area (Å²) in [6, 6.07) is 25.4. The second-order valence-corrected chi connectivity index (χ2v) is 6.80. The molecule has 0 heterocycles. The molecular weight excluding hydrogens is 335 g/mol. The van der Waals surface area contributed by atoms with Crippen LogP contribution in [-0.4, -0.2) is 5.11 Å². The zero-order chi connectivity index (χ0) is 18.8. The Kier molecular flexibility index (Phi) is 4.74. The van der Waals surface area contributed by atoms with Crippen LogP contribution in [0.3, 0.4) is 0 Å². The fraction of sp³-hybridized carbons (Fsp3) is 0.120. The lowest BCUT2D eigenvalue weighted by molar-refractivity contribution is 0.282. The molecule has 27 heavy (non-hydrogen) atoms. The van der Waals surface area contributed by atoms with Crippen LogP contribution in [0.4, 0.5) is 4.39 Å². The van der Waals surface area contributed by atoms with Crippen molar-refractivity contribution in [1.82, 2.24) is 0 Å². The number of hydrogen-bond acceptors (Lipinski definition) is 1. The average molecular weight is 356 g/mol. The maximum Gasteiger partial charge on any atom is 0.131 e. The van der Waals surface area contributed by atoms with Crippen LogP contribution in [0, 0.1) is 5.82 Å². The van der Waals surface area contributed by atoms with E-state index >= 15 is 0 Å². The first-order chi connectivity index (χ1) is 13.2. The second-order valence-electron chi connectivity index (χ2n) is 6.80. The number of aliphatic hydroxyl groups is 1. The minimum absolute atomic E-state index is 0.0209. The van der Waals surface area contributed by atoms with Crippen LogP contribution in [0.1, 0.15) is 18.1 Å². The van der Waals surface area contributed by atoms with Crippen molar-refractivity contribution in [3.63, 3.8) is 0 Å². The van der Waals surface area contributed by atoms with E-state index in [1.165, 1.54) is 5.56 Å². The number of fused-ring (bicyclic) bond motifs is 1. The van der Waals surface area contributed by atoms with Gasteiger partial charge in [0.05, 0.1) is 6.61 Å². The Morgan fingerprint density at radius 1 is 0.667 bits per heavy atom. The van der Waals surface area contributed by atoms with Crippen LogP contribution in [0.25, 0.3) is 33.0 Å². The van der Waals surface area contributed by atoms with Gasteiger partial charge in [-0.2, -0.15) is 0 Å². The fourth-order valence-electron chi connectivity index (χ4n) is 3.42. The van der Waals surface area contributed by atoms with E-state index in [1.807, 2.05) is 60.7 Å². The van der Waals surface area contributed by atoms with Crippen LogP contribution >= 0.6 is 0 Å². The van der Waals surface area contributed by atoms with Gasteiger partial charge in [-0.15, -0.1) is 0 Å². The first-order valence-electron chi connectivity index (χ1n) is 9.20. The van der Waals surface area contributed by atoms with E-state index in [0.717, 1.165) is 39.4 Å². The van der Waals surface area contributed by atoms with Crippen LogP contribution in [-0.2, 0) is 13.0 Å². The first-order valence-corrected chi connectivity index (χ1v) is 9.20. The number of hydrogen-bond donors (Lipinski definition) is 1. The molecule has 1 nitrogen and oxygen atoms in total. The summed E-state index contributed by atoms with van der Waals surface area (Å²) < 4.78 is 14.9. The average Bonchev–Trinajstić information content (AvgIpc) is 2.73. The summed E-state index contributed by atoms with van der Waals surface area (Å²) in [6.45, 7) is 2.14. The smallest absolute Gasteiger partial charge is 0.131 e. The normalized spacial score (nSPS) is 11.1. The number of aryl methyl sites for hydroxylation is 1. The molecule has 2 heteroatoms. The van der Waals surface area contributed by atoms with Gasteiger partial charge in [-0.3, -0.25) is 0 Å². The molecule has 4 aromatic carbocycles. The Labute approximate surface area is 158 Å². The van der Waals surface area contributed by atoms with Crippen LogP contribution in [0.2, 0.25) is 0 Å². The molecule has 4 aromatic rings. The fourth-order valence-corrected chi connectivity index (χ4v) is 3.42. The summed E-state index contributed by atoms with van der Waals surface area (Å²) in [5, 5.41) is 11.3. The van der Waals surface area contributed by atoms with Gasteiger partial charge >= 0.3 is 0 Å². The van der Waals surface area contributed by atoms with Crippen molar-refractivity contribution in [2.45, 2.75) is 20.0 Å². The van der Waals surface area contributed by atoms with E-state index < -0.39 is 0 Å². The van der Waals surface area contributed by atoms with Crippen molar-refractivity contribution in [2.24, 2.45) is 0 Å². The maximum atomic E-state index is 14.9. The van der Waals surface area contributed by atoms with Gasteiger partial charge in [-0.1, -0.05) is 67.6 Å². The molecule has 134 valence electrons. The minimum Gasteiger partial charge on any atom is -0.392 e. The van der Waals surface area contributed by atoms with E-state index in [4.69, 9.17) is 0 Å². The van der Waals surface area contributed by atoms with Gasteiger partial charge in [-0.25, -0.2) is 4.39 Å². The Morgan fingerprint density at radius 3 is 2.00 bits per heavy atom. The van der Waals surface area contributed by atoms with Gasteiger partial charge in [0.1, 0.15) is 5.82 Å². The van der Waals surface area contributed by atoms with E-state index in [0.29, 0.717) is 5.56 Å². The topological polar surface area (TPSA) is 20.2 Å². The zero-order valence-corrected chi connectivity index (χ0v) is 15.2. The van der Waals surface area contributed by atoms with Gasteiger partial charge in [0.25, 0.3) is 0 Å². The van der Waals surface area contributed by atoms with Gasteiger partial charge in [0.15, 0.2) is 0 Å². The highest BCUT2D eigenvalue weighted by molar-refractivity contribution is 5.88. The van der Waals surface area contributed by atoms with E-state index in [-0.39, 0.29) is 12.4 Å². The molecule has 1 N–H and O–H groups in total. The molecule has 0 saturated heterocycles. The molecular formula is C25H21FO. The van der Waals surface area contributed by atoms with Crippen LogP contribution < -0.4 is 0 Å². The molecule has 0 aliphatic heterocycles. The Morgan fingerprint density at radius 2 is 1.30 bits per heavy atom. The van der Waals surface area contributed by atoms with Gasteiger partial charge in [-0.05, 0) is 63.2 Å². The van der Waals surface area contributed by atoms with Gasteiger partial charge in [0.2, 0.25) is 0 Å². The predicted octanol–water partition coefficient (Wildman–Crippen LogP) is 6.37. The highest BCUT2D eigenvalue weighted by Crippen LogP contribution is 2.30. The largest absolute Gasteiger partial charge is 0.392 e. The number of rotatable bonds is 4. The summed E-state index contributed by atoms with van der Waals surface area (Å²) in [5.41, 5.74) is 5.50. The lowest BCUT2D eigenvalue weighted by Crippen LogP contribution is -1.88. The molecule has 0 saturated carbocycles. The summed E-state index contributed by atoms with van der Waals surface area (Å²) in [7, 11) is 0. The lowest BCUT2D eigenvalue weighted by atomic mass is 9.97. The van der Waals surface area contributed by atoms with Crippen molar-refractivity contribution in [3.8, 4) is 22.3 Å². The quantitative estimate of drug-likeness (QED) is 0.450. The molecule has 0 aromatic heterocycles. The molecule has 0 aliphatic rings. The maximum absolute atomic E-state index is 14.9. The molecule has 0 unspecified atom stereocenters. The molecule has 0 bridgehead atoms. The van der Waals surface area contributed by atoms with Crippen molar-refractivity contribution < 1.29 is 9.50 Å². The van der Waals surface area contributed by atoms with Crippen LogP contribution in [0.5, 0.6) is 0 Å². The standard InChI is InChI=1S/C25H21FO/c1-2-17-3-6-19(7-4-17)22-11-12-24(25(26)15-22)23-10-9-20-13-18(16-27)5-8-21(20)14-23/h3-15,27H,2,16H2,1H3. The minimum atomic E-state index is -0.224. The molecule has 0 atom stereocenters. The zero-order valence-electron chi connectivity index (χ0n) is 15.2. The first kappa shape index (κ1) is 17.4. The van der Waals surface area contributed by atoms with Crippen molar-refractivity contribution in [1.29, 1.82) is 0 Å². The monoisotopic (exact) mass is 356 g/mol. The number of aliphatic hydroxyl groups excluding tert-OH is 1. The molecule has 0 amide bonds. The number of halogens is 1. The van der Waals surface area contributed by atoms with Crippen molar-refractivity contribution >= 4 is 10.8 Å². The summed E-state index contributed by atoms with van der Waals surface area (Å²) in [4.78, 5) is 0. The Bertz CT molecular complexity index is 1100. The third-order valence-corrected chi connectivity index (χ3v) is 5.06. The van der Waals surface area contributed by atoms with Crippen molar-refractivity contribution in [2.75, 3.05) is 0 Å². The third-order valence-electron chi connectivity index (χ3n) is 5.06. The molecule has 4 rings (SSSR count). The van der Waals surface area contributed by atoms with E-state index in [1.54, 1.807) is 6.07 Å².